The van der Waals surface area contributed by atoms with Gasteiger partial charge in [-0.1, -0.05) is 0 Å². The Balaban J connectivity index is 2.08. The van der Waals surface area contributed by atoms with Gasteiger partial charge in [0, 0.05) is 38.6 Å². The molecule has 0 amide bonds. The van der Waals surface area contributed by atoms with Crippen LogP contribution in [0.3, 0.4) is 0 Å². The molecule has 1 aromatic rings. The van der Waals surface area contributed by atoms with E-state index in [-0.39, 0.29) is 0 Å². The van der Waals surface area contributed by atoms with Crippen molar-refractivity contribution in [1.82, 2.24) is 9.29 Å². The van der Waals surface area contributed by atoms with Gasteiger partial charge in [0.15, 0.2) is 0 Å². The Bertz CT molecular complexity index is 498. The number of sulfonamides is 1. The number of halogens is 1. The summed E-state index contributed by atoms with van der Waals surface area (Å²) < 4.78 is 25.2. The second-order valence-corrected chi connectivity index (χ2v) is 6.81. The number of anilines is 1. The Labute approximate surface area is 110 Å². The average molecular weight is 320 g/mol. The predicted octanol–water partition coefficient (Wildman–Crippen LogP) is 0.926. The zero-order valence-corrected chi connectivity index (χ0v) is 11.9. The highest BCUT2D eigenvalue weighted by molar-refractivity contribution is 9.10. The van der Waals surface area contributed by atoms with Crippen LogP contribution in [0.1, 0.15) is 0 Å². The molecule has 0 N–H and O–H groups in total. The molecule has 1 aliphatic rings. The molecular weight excluding hydrogens is 306 g/mol. The van der Waals surface area contributed by atoms with Crippen molar-refractivity contribution >= 4 is 31.6 Å². The third kappa shape index (κ3) is 2.97. The van der Waals surface area contributed by atoms with Gasteiger partial charge in [0.1, 0.15) is 0 Å². The number of rotatable bonds is 2. The molecule has 7 heteroatoms. The lowest BCUT2D eigenvalue weighted by atomic mass is 10.3. The van der Waals surface area contributed by atoms with Crippen LogP contribution >= 0.6 is 15.9 Å². The van der Waals surface area contributed by atoms with Crippen molar-refractivity contribution in [2.45, 2.75) is 0 Å². The highest BCUT2D eigenvalue weighted by Gasteiger charge is 2.24. The van der Waals surface area contributed by atoms with Gasteiger partial charge in [-0.05, 0) is 22.0 Å². The summed E-state index contributed by atoms with van der Waals surface area (Å²) in [6, 6.07) is 1.93. The van der Waals surface area contributed by atoms with E-state index in [1.807, 2.05) is 6.07 Å². The van der Waals surface area contributed by atoms with Gasteiger partial charge in [0.25, 0.3) is 0 Å². The predicted molar refractivity (Wildman–Crippen MR) is 70.6 cm³/mol. The van der Waals surface area contributed by atoms with E-state index < -0.39 is 10.0 Å². The van der Waals surface area contributed by atoms with E-state index in [0.29, 0.717) is 26.2 Å². The summed E-state index contributed by atoms with van der Waals surface area (Å²) in [4.78, 5) is 6.17. The third-order valence-corrected chi connectivity index (χ3v) is 4.71. The molecule has 0 aromatic carbocycles. The molecule has 0 unspecified atom stereocenters. The molecule has 17 heavy (non-hydrogen) atoms. The smallest absolute Gasteiger partial charge is 0.211 e. The molecule has 0 spiro atoms. The van der Waals surface area contributed by atoms with Crippen LogP contribution in [-0.2, 0) is 10.0 Å². The van der Waals surface area contributed by atoms with Crippen molar-refractivity contribution in [3.63, 3.8) is 0 Å². The number of nitrogens with zero attached hydrogens (tertiary/aromatic N) is 3. The number of hydrogen-bond donors (Lipinski definition) is 0. The Hall–Kier alpha value is -0.660. The zero-order valence-electron chi connectivity index (χ0n) is 9.50. The van der Waals surface area contributed by atoms with Crippen molar-refractivity contribution in [1.29, 1.82) is 0 Å². The molecule has 1 aromatic heterocycles. The molecule has 5 nitrogen and oxygen atoms in total. The van der Waals surface area contributed by atoms with Crippen LogP contribution in [0.5, 0.6) is 0 Å². The lowest BCUT2D eigenvalue weighted by molar-refractivity contribution is 0.388. The van der Waals surface area contributed by atoms with Crippen LogP contribution < -0.4 is 4.90 Å². The molecule has 2 heterocycles. The largest absolute Gasteiger partial charge is 0.368 e. The number of piperazine rings is 1. The van der Waals surface area contributed by atoms with Gasteiger partial charge in [-0.15, -0.1) is 0 Å². The molecule has 1 aliphatic heterocycles. The standard InChI is InChI=1S/C10H14BrN3O2S/c1-17(15,16)14-6-4-13(5-7-14)10-2-3-12-8-9(10)11/h2-3,8H,4-7H2,1H3. The van der Waals surface area contributed by atoms with Crippen molar-refractivity contribution in [2.75, 3.05) is 37.3 Å². The van der Waals surface area contributed by atoms with Crippen LogP contribution in [0.4, 0.5) is 5.69 Å². The Kier molecular flexibility index (Phi) is 3.70. The fourth-order valence-electron chi connectivity index (χ4n) is 1.88. The maximum Gasteiger partial charge on any atom is 0.211 e. The molecule has 94 valence electrons. The first-order valence-corrected chi connectivity index (χ1v) is 7.92. The number of hydrogen-bond acceptors (Lipinski definition) is 4. The van der Waals surface area contributed by atoms with Crippen molar-refractivity contribution in [3.05, 3.63) is 22.9 Å². The normalized spacial score (nSPS) is 18.4. The van der Waals surface area contributed by atoms with Crippen molar-refractivity contribution < 1.29 is 8.42 Å². The van der Waals surface area contributed by atoms with E-state index in [9.17, 15) is 8.42 Å². The summed E-state index contributed by atoms with van der Waals surface area (Å²) in [5, 5.41) is 0. The summed E-state index contributed by atoms with van der Waals surface area (Å²) in [5.74, 6) is 0. The second kappa shape index (κ2) is 4.91. The summed E-state index contributed by atoms with van der Waals surface area (Å²) in [5.41, 5.74) is 1.06. The molecule has 2 rings (SSSR count). The van der Waals surface area contributed by atoms with Gasteiger partial charge in [0.05, 0.1) is 16.4 Å². The highest BCUT2D eigenvalue weighted by Crippen LogP contribution is 2.25. The molecule has 1 fully saturated rings. The van der Waals surface area contributed by atoms with Gasteiger partial charge in [0.2, 0.25) is 10.0 Å². The van der Waals surface area contributed by atoms with Crippen LogP contribution in [-0.4, -0.2) is 50.1 Å². The van der Waals surface area contributed by atoms with Crippen molar-refractivity contribution in [3.8, 4) is 0 Å². The Morgan fingerprint density at radius 3 is 2.47 bits per heavy atom. The maximum absolute atomic E-state index is 11.4. The summed E-state index contributed by atoms with van der Waals surface area (Å²) in [7, 11) is -3.06. The fourth-order valence-corrected chi connectivity index (χ4v) is 3.21. The highest BCUT2D eigenvalue weighted by atomic mass is 79.9. The Morgan fingerprint density at radius 2 is 1.94 bits per heavy atom. The first kappa shape index (κ1) is 12.8. The minimum atomic E-state index is -3.06. The second-order valence-electron chi connectivity index (χ2n) is 3.98. The first-order chi connectivity index (χ1) is 7.98. The Morgan fingerprint density at radius 1 is 1.29 bits per heavy atom. The first-order valence-electron chi connectivity index (χ1n) is 5.28. The van der Waals surface area contributed by atoms with Crippen LogP contribution in [0.25, 0.3) is 0 Å². The van der Waals surface area contributed by atoms with Gasteiger partial charge in [-0.3, -0.25) is 4.98 Å². The molecule has 0 aliphatic carbocycles. The zero-order chi connectivity index (χ0) is 12.5. The molecule has 0 radical (unpaired) electrons. The molecule has 0 bridgehead atoms. The minimum absolute atomic E-state index is 0.535. The van der Waals surface area contributed by atoms with Gasteiger partial charge in [-0.25, -0.2) is 8.42 Å². The minimum Gasteiger partial charge on any atom is -0.368 e. The maximum atomic E-state index is 11.4. The van der Waals surface area contributed by atoms with E-state index >= 15 is 0 Å². The fraction of sp³-hybridized carbons (Fsp3) is 0.500. The SMILES string of the molecule is CS(=O)(=O)N1CCN(c2ccncc2Br)CC1. The van der Waals surface area contributed by atoms with E-state index in [2.05, 4.69) is 25.8 Å². The van der Waals surface area contributed by atoms with Crippen LogP contribution in [0.15, 0.2) is 22.9 Å². The molecule has 0 atom stereocenters. The molecule has 0 saturated carbocycles. The van der Waals surface area contributed by atoms with Gasteiger partial charge >= 0.3 is 0 Å². The lowest BCUT2D eigenvalue weighted by Gasteiger charge is -2.35. The quantitative estimate of drug-likeness (QED) is 0.813. The topological polar surface area (TPSA) is 53.5 Å². The lowest BCUT2D eigenvalue weighted by Crippen LogP contribution is -2.48. The monoisotopic (exact) mass is 319 g/mol. The number of aromatic nitrogens is 1. The molecular formula is C10H14BrN3O2S. The molecule has 1 saturated heterocycles. The summed E-state index contributed by atoms with van der Waals surface area (Å²) >= 11 is 3.45. The van der Waals surface area contributed by atoms with Crippen LogP contribution in [0, 0.1) is 0 Å². The van der Waals surface area contributed by atoms with Gasteiger partial charge in [-0.2, -0.15) is 4.31 Å². The number of pyridine rings is 1. The van der Waals surface area contributed by atoms with Crippen molar-refractivity contribution in [2.24, 2.45) is 0 Å². The van der Waals surface area contributed by atoms with E-state index in [4.69, 9.17) is 0 Å². The summed E-state index contributed by atoms with van der Waals surface area (Å²) in [6.07, 6.45) is 4.74. The third-order valence-electron chi connectivity index (χ3n) is 2.80. The average Bonchev–Trinajstić information content (AvgIpc) is 2.29. The van der Waals surface area contributed by atoms with E-state index in [1.54, 1.807) is 12.4 Å². The van der Waals surface area contributed by atoms with Gasteiger partial charge < -0.3 is 4.90 Å². The van der Waals surface area contributed by atoms with Crippen LogP contribution in [0.2, 0.25) is 0 Å². The van der Waals surface area contributed by atoms with E-state index in [1.165, 1.54) is 10.6 Å². The summed E-state index contributed by atoms with van der Waals surface area (Å²) in [6.45, 7) is 2.48. The van der Waals surface area contributed by atoms with E-state index in [0.717, 1.165) is 10.2 Å².